The number of rotatable bonds is 8. The van der Waals surface area contributed by atoms with Crippen LogP contribution in [-0.4, -0.2) is 58.1 Å². The summed E-state index contributed by atoms with van der Waals surface area (Å²) in [6, 6.07) is 10.2. The molecule has 4 rings (SSSR count). The Hall–Kier alpha value is -1.80. The van der Waals surface area contributed by atoms with Crippen LogP contribution >= 0.6 is 11.8 Å². The third-order valence-electron chi connectivity index (χ3n) is 6.37. The molecular weight excluding hydrogens is 442 g/mol. The molecule has 1 aliphatic heterocycles. The van der Waals surface area contributed by atoms with Gasteiger partial charge in [-0.2, -0.15) is 0 Å². The zero-order chi connectivity index (χ0) is 22.7. The average molecular weight is 476 g/mol. The Labute approximate surface area is 195 Å². The molecule has 1 aromatic heterocycles. The number of amides is 1. The van der Waals surface area contributed by atoms with Gasteiger partial charge in [-0.3, -0.25) is 4.79 Å². The first-order valence-corrected chi connectivity index (χ1v) is 14.4. The fourth-order valence-electron chi connectivity index (χ4n) is 4.94. The topological polar surface area (TPSA) is 72.3 Å². The minimum absolute atomic E-state index is 0.0457. The van der Waals surface area contributed by atoms with E-state index in [1.807, 2.05) is 29.3 Å². The molecular formula is C24H33N3O3S2. The molecule has 32 heavy (non-hydrogen) atoms. The third kappa shape index (κ3) is 5.39. The zero-order valence-corrected chi connectivity index (χ0v) is 20.6. The van der Waals surface area contributed by atoms with Crippen molar-refractivity contribution in [3.05, 3.63) is 36.5 Å². The SMILES string of the molecule is CC(C)Cn1c(-c2ccccc2)cnc1SCC(=O)N(C1CCCC1)C1CCS(=O)(=O)C1. The van der Waals surface area contributed by atoms with Crippen molar-refractivity contribution in [2.75, 3.05) is 17.3 Å². The van der Waals surface area contributed by atoms with E-state index in [1.165, 1.54) is 11.8 Å². The molecule has 1 saturated heterocycles. The monoisotopic (exact) mass is 475 g/mol. The second-order valence-electron chi connectivity index (χ2n) is 9.38. The molecule has 0 N–H and O–H groups in total. The number of carbonyl (C=O) groups excluding carboxylic acids is 1. The lowest BCUT2D eigenvalue weighted by molar-refractivity contribution is -0.132. The molecule has 1 saturated carbocycles. The van der Waals surface area contributed by atoms with Crippen LogP contribution in [-0.2, 0) is 21.2 Å². The number of hydrogen-bond acceptors (Lipinski definition) is 5. The maximum Gasteiger partial charge on any atom is 0.233 e. The van der Waals surface area contributed by atoms with E-state index in [-0.39, 0.29) is 35.2 Å². The Bertz CT molecular complexity index is 1030. The zero-order valence-electron chi connectivity index (χ0n) is 18.9. The van der Waals surface area contributed by atoms with Gasteiger partial charge in [-0.05, 0) is 30.7 Å². The van der Waals surface area contributed by atoms with E-state index in [9.17, 15) is 13.2 Å². The minimum atomic E-state index is -3.04. The Morgan fingerprint density at radius 3 is 2.50 bits per heavy atom. The molecule has 0 radical (unpaired) electrons. The summed E-state index contributed by atoms with van der Waals surface area (Å²) in [5, 5.41) is 0.844. The summed E-state index contributed by atoms with van der Waals surface area (Å²) in [4.78, 5) is 20.0. The fraction of sp³-hybridized carbons (Fsp3) is 0.583. The lowest BCUT2D eigenvalue weighted by atomic mass is 10.1. The summed E-state index contributed by atoms with van der Waals surface area (Å²) in [5.74, 6) is 1.08. The molecule has 2 heterocycles. The molecule has 0 spiro atoms. The van der Waals surface area contributed by atoms with Crippen molar-refractivity contribution in [2.45, 2.75) is 69.7 Å². The number of sulfone groups is 1. The number of thioether (sulfide) groups is 1. The van der Waals surface area contributed by atoms with Gasteiger partial charge in [0.2, 0.25) is 5.91 Å². The van der Waals surface area contributed by atoms with Crippen LogP contribution in [0.25, 0.3) is 11.3 Å². The van der Waals surface area contributed by atoms with Crippen LogP contribution < -0.4 is 0 Å². The molecule has 6 nitrogen and oxygen atoms in total. The van der Waals surface area contributed by atoms with E-state index >= 15 is 0 Å². The molecule has 1 atom stereocenters. The van der Waals surface area contributed by atoms with Gasteiger partial charge in [0.05, 0.1) is 29.1 Å². The Kier molecular flexibility index (Phi) is 7.30. The van der Waals surface area contributed by atoms with E-state index in [2.05, 4.69) is 35.5 Å². The van der Waals surface area contributed by atoms with Crippen molar-refractivity contribution in [1.29, 1.82) is 0 Å². The molecule has 2 fully saturated rings. The number of carbonyl (C=O) groups is 1. The Morgan fingerprint density at radius 2 is 1.88 bits per heavy atom. The molecule has 2 aromatic rings. The predicted molar refractivity (Wildman–Crippen MR) is 129 cm³/mol. The highest BCUT2D eigenvalue weighted by Crippen LogP contribution is 2.31. The van der Waals surface area contributed by atoms with E-state index < -0.39 is 9.84 Å². The van der Waals surface area contributed by atoms with Crippen molar-refractivity contribution in [2.24, 2.45) is 5.92 Å². The van der Waals surface area contributed by atoms with Crippen LogP contribution in [0, 0.1) is 5.92 Å². The van der Waals surface area contributed by atoms with Crippen LogP contribution in [0.15, 0.2) is 41.7 Å². The van der Waals surface area contributed by atoms with E-state index in [0.29, 0.717) is 12.3 Å². The van der Waals surface area contributed by atoms with Crippen molar-refractivity contribution in [3.8, 4) is 11.3 Å². The molecule has 0 bridgehead atoms. The second kappa shape index (κ2) is 10.00. The summed E-state index contributed by atoms with van der Waals surface area (Å²) < 4.78 is 26.4. The standard InChI is InChI=1S/C24H33N3O3S2/c1-18(2)15-26-22(19-8-4-3-5-9-19)14-25-24(26)31-16-23(28)27(20-10-6-7-11-20)21-12-13-32(29,30)17-21/h3-5,8-9,14,18,20-21H,6-7,10-13,15-17H2,1-2H3. The van der Waals surface area contributed by atoms with Gasteiger partial charge >= 0.3 is 0 Å². The smallest absolute Gasteiger partial charge is 0.233 e. The average Bonchev–Trinajstić information content (AvgIpc) is 3.48. The van der Waals surface area contributed by atoms with Crippen LogP contribution in [0.1, 0.15) is 46.0 Å². The van der Waals surface area contributed by atoms with Gasteiger partial charge in [0.25, 0.3) is 0 Å². The highest BCUT2D eigenvalue weighted by Gasteiger charge is 2.39. The third-order valence-corrected chi connectivity index (χ3v) is 9.09. The molecule has 1 unspecified atom stereocenters. The highest BCUT2D eigenvalue weighted by atomic mass is 32.2. The molecule has 174 valence electrons. The number of nitrogens with zero attached hydrogens (tertiary/aromatic N) is 3. The Morgan fingerprint density at radius 1 is 1.16 bits per heavy atom. The summed E-state index contributed by atoms with van der Waals surface area (Å²) >= 11 is 1.47. The summed E-state index contributed by atoms with van der Waals surface area (Å²) in [6.07, 6.45) is 6.64. The van der Waals surface area contributed by atoms with Gasteiger partial charge in [0.15, 0.2) is 15.0 Å². The van der Waals surface area contributed by atoms with Crippen LogP contribution in [0.5, 0.6) is 0 Å². The first kappa shape index (κ1) is 23.4. The van der Waals surface area contributed by atoms with Gasteiger partial charge in [0.1, 0.15) is 0 Å². The highest BCUT2D eigenvalue weighted by molar-refractivity contribution is 7.99. The summed E-state index contributed by atoms with van der Waals surface area (Å²) in [7, 11) is -3.04. The minimum Gasteiger partial charge on any atom is -0.335 e. The normalized spacial score (nSPS) is 20.8. The Balaban J connectivity index is 1.52. The summed E-state index contributed by atoms with van der Waals surface area (Å²) in [5.41, 5.74) is 2.17. The predicted octanol–water partition coefficient (Wildman–Crippen LogP) is 4.26. The number of imidazole rings is 1. The summed E-state index contributed by atoms with van der Waals surface area (Å²) in [6.45, 7) is 5.18. The lowest BCUT2D eigenvalue weighted by Crippen LogP contribution is -2.47. The van der Waals surface area contributed by atoms with Crippen LogP contribution in [0.2, 0.25) is 0 Å². The quantitative estimate of drug-likeness (QED) is 0.534. The van der Waals surface area contributed by atoms with E-state index in [0.717, 1.165) is 48.6 Å². The van der Waals surface area contributed by atoms with E-state index in [4.69, 9.17) is 0 Å². The van der Waals surface area contributed by atoms with Gasteiger partial charge in [-0.1, -0.05) is 68.8 Å². The molecule has 1 amide bonds. The largest absolute Gasteiger partial charge is 0.335 e. The second-order valence-corrected chi connectivity index (χ2v) is 12.6. The van der Waals surface area contributed by atoms with Crippen LogP contribution in [0.4, 0.5) is 0 Å². The first-order valence-electron chi connectivity index (χ1n) is 11.6. The van der Waals surface area contributed by atoms with Gasteiger partial charge in [-0.15, -0.1) is 0 Å². The number of hydrogen-bond donors (Lipinski definition) is 0. The van der Waals surface area contributed by atoms with Gasteiger partial charge in [-0.25, -0.2) is 13.4 Å². The van der Waals surface area contributed by atoms with Crippen molar-refractivity contribution >= 4 is 27.5 Å². The molecule has 2 aliphatic rings. The molecule has 1 aromatic carbocycles. The maximum atomic E-state index is 13.4. The van der Waals surface area contributed by atoms with Crippen LogP contribution in [0.3, 0.4) is 0 Å². The number of aromatic nitrogens is 2. The lowest BCUT2D eigenvalue weighted by Gasteiger charge is -2.34. The maximum absolute atomic E-state index is 13.4. The van der Waals surface area contributed by atoms with Gasteiger partial charge in [0, 0.05) is 18.6 Å². The first-order chi connectivity index (χ1) is 15.3. The molecule has 1 aliphatic carbocycles. The van der Waals surface area contributed by atoms with Gasteiger partial charge < -0.3 is 9.47 Å². The fourth-order valence-corrected chi connectivity index (χ4v) is 7.51. The van der Waals surface area contributed by atoms with Crippen molar-refractivity contribution < 1.29 is 13.2 Å². The van der Waals surface area contributed by atoms with Crippen molar-refractivity contribution in [1.82, 2.24) is 14.5 Å². The molecule has 8 heteroatoms. The van der Waals surface area contributed by atoms with E-state index in [1.54, 1.807) is 0 Å². The number of benzene rings is 1. The van der Waals surface area contributed by atoms with Crippen molar-refractivity contribution in [3.63, 3.8) is 0 Å².